The molecule has 0 aliphatic rings. The lowest BCUT2D eigenvalue weighted by atomic mass is 10.1. The molecule has 0 aromatic rings. The highest BCUT2D eigenvalue weighted by Crippen LogP contribution is 2.05. The molecule has 0 unspecified atom stereocenters. The third-order valence-electron chi connectivity index (χ3n) is 1.30. The van der Waals surface area contributed by atoms with E-state index in [9.17, 15) is 18.0 Å². The highest BCUT2D eigenvalue weighted by Gasteiger charge is 2.29. The molecule has 0 radical (unpaired) electrons. The van der Waals surface area contributed by atoms with Crippen LogP contribution in [0.5, 0.6) is 0 Å². The smallest absolute Gasteiger partial charge is 0.398 e. The highest BCUT2D eigenvalue weighted by molar-refractivity contribution is 7.80. The summed E-state index contributed by atoms with van der Waals surface area (Å²) in [5, 5.41) is 16.7. The van der Waals surface area contributed by atoms with Gasteiger partial charge in [-0.3, -0.25) is 9.35 Å². The average Bonchev–Trinajstić information content (AvgIpc) is 1.99. The van der Waals surface area contributed by atoms with Gasteiger partial charge >= 0.3 is 22.3 Å². The maximum atomic E-state index is 10.4. The lowest BCUT2D eigenvalue weighted by molar-refractivity contribution is -0.147. The van der Waals surface area contributed by atoms with E-state index in [0.717, 1.165) is 0 Å². The SMILES string of the molecule is N[C@H](C[C@H](OS(=O)(=O)O)C(=O)O)C(=O)O. The molecular weight excluding hydrogens is 234 g/mol. The number of hydrogen-bond donors (Lipinski definition) is 4. The van der Waals surface area contributed by atoms with Crippen molar-refractivity contribution in [1.82, 2.24) is 0 Å². The second-order valence-corrected chi connectivity index (χ2v) is 3.58. The monoisotopic (exact) mass is 243 g/mol. The maximum Gasteiger partial charge on any atom is 0.398 e. The fourth-order valence-corrected chi connectivity index (χ4v) is 1.11. The number of carboxylic acids is 2. The van der Waals surface area contributed by atoms with Crippen molar-refractivity contribution in [3.63, 3.8) is 0 Å². The molecule has 0 aliphatic heterocycles. The highest BCUT2D eigenvalue weighted by atomic mass is 32.3. The van der Waals surface area contributed by atoms with Crippen LogP contribution in [-0.2, 0) is 24.2 Å². The summed E-state index contributed by atoms with van der Waals surface area (Å²) in [4.78, 5) is 20.6. The first-order chi connectivity index (χ1) is 6.63. The van der Waals surface area contributed by atoms with Crippen molar-refractivity contribution in [3.8, 4) is 0 Å². The molecule has 0 aromatic heterocycles. The van der Waals surface area contributed by atoms with Gasteiger partial charge in [0.1, 0.15) is 6.04 Å². The first-order valence-electron chi connectivity index (χ1n) is 3.50. The minimum atomic E-state index is -4.97. The van der Waals surface area contributed by atoms with Gasteiger partial charge in [-0.05, 0) is 0 Å². The predicted molar refractivity (Wildman–Crippen MR) is 44.3 cm³/mol. The molecule has 15 heavy (non-hydrogen) atoms. The minimum Gasteiger partial charge on any atom is -0.480 e. The summed E-state index contributed by atoms with van der Waals surface area (Å²) in [5.41, 5.74) is 4.95. The van der Waals surface area contributed by atoms with E-state index >= 15 is 0 Å². The Hall–Kier alpha value is -1.23. The van der Waals surface area contributed by atoms with E-state index in [1.807, 2.05) is 0 Å². The Balaban J connectivity index is 4.56. The van der Waals surface area contributed by atoms with Gasteiger partial charge in [-0.1, -0.05) is 0 Å². The third kappa shape index (κ3) is 5.96. The van der Waals surface area contributed by atoms with Gasteiger partial charge in [0, 0.05) is 6.42 Å². The van der Waals surface area contributed by atoms with E-state index in [0.29, 0.717) is 0 Å². The summed E-state index contributed by atoms with van der Waals surface area (Å²) >= 11 is 0. The Kier molecular flexibility index (Phi) is 4.61. The molecule has 88 valence electrons. The quantitative estimate of drug-likeness (QED) is 0.388. The largest absolute Gasteiger partial charge is 0.480 e. The van der Waals surface area contributed by atoms with E-state index in [4.69, 9.17) is 20.5 Å². The average molecular weight is 243 g/mol. The van der Waals surface area contributed by atoms with Gasteiger partial charge in [0.15, 0.2) is 6.10 Å². The molecule has 0 fully saturated rings. The first kappa shape index (κ1) is 13.8. The number of carbonyl (C=O) groups is 2. The summed E-state index contributed by atoms with van der Waals surface area (Å²) in [6, 6.07) is -1.60. The molecule has 0 aliphatic carbocycles. The Labute approximate surface area is 84.4 Å². The molecule has 0 saturated heterocycles. The Morgan fingerprint density at radius 2 is 1.73 bits per heavy atom. The van der Waals surface area contributed by atoms with Gasteiger partial charge in [0.25, 0.3) is 0 Å². The molecule has 0 rings (SSSR count). The number of aliphatic carboxylic acids is 2. The van der Waals surface area contributed by atoms with Crippen molar-refractivity contribution in [1.29, 1.82) is 0 Å². The van der Waals surface area contributed by atoms with Crippen molar-refractivity contribution in [2.24, 2.45) is 5.73 Å². The first-order valence-corrected chi connectivity index (χ1v) is 4.87. The van der Waals surface area contributed by atoms with Crippen LogP contribution in [0.4, 0.5) is 0 Å². The lowest BCUT2D eigenvalue weighted by Crippen LogP contribution is -2.38. The van der Waals surface area contributed by atoms with Gasteiger partial charge in [0.05, 0.1) is 0 Å². The minimum absolute atomic E-state index is 0.787. The van der Waals surface area contributed by atoms with Crippen LogP contribution < -0.4 is 5.73 Å². The van der Waals surface area contributed by atoms with Crippen LogP contribution in [0.1, 0.15) is 6.42 Å². The van der Waals surface area contributed by atoms with E-state index < -0.39 is 40.9 Å². The van der Waals surface area contributed by atoms with Crippen molar-refractivity contribution >= 4 is 22.3 Å². The fourth-order valence-electron chi connectivity index (χ4n) is 0.659. The summed E-state index contributed by atoms with van der Waals surface area (Å²) < 4.78 is 32.3. The fraction of sp³-hybridized carbons (Fsp3) is 0.600. The standard InChI is InChI=1S/C5H9NO8S/c6-2(4(7)8)1-3(5(9)10)14-15(11,12)13/h2-3H,1,6H2,(H,7,8)(H,9,10)(H,11,12,13)/t2-,3+/m1/s1. The molecule has 9 nitrogen and oxygen atoms in total. The van der Waals surface area contributed by atoms with Gasteiger partial charge in [-0.25, -0.2) is 8.98 Å². The van der Waals surface area contributed by atoms with Gasteiger partial charge in [-0.2, -0.15) is 8.42 Å². The van der Waals surface area contributed by atoms with Crippen LogP contribution in [0.2, 0.25) is 0 Å². The lowest BCUT2D eigenvalue weighted by Gasteiger charge is -2.12. The zero-order valence-corrected chi connectivity index (χ0v) is 8.05. The van der Waals surface area contributed by atoms with Gasteiger partial charge in [0.2, 0.25) is 0 Å². The summed E-state index contributed by atoms with van der Waals surface area (Å²) in [7, 11) is -4.97. The molecule has 0 heterocycles. The predicted octanol–water partition coefficient (Wildman–Crippen LogP) is -1.94. The van der Waals surface area contributed by atoms with Gasteiger partial charge in [-0.15, -0.1) is 0 Å². The molecule has 2 atom stereocenters. The van der Waals surface area contributed by atoms with E-state index in [-0.39, 0.29) is 0 Å². The summed E-state index contributed by atoms with van der Waals surface area (Å²) in [6.45, 7) is 0. The number of nitrogens with two attached hydrogens (primary N) is 1. The molecule has 0 aromatic carbocycles. The second-order valence-electron chi connectivity index (χ2n) is 2.53. The number of rotatable bonds is 6. The zero-order chi connectivity index (χ0) is 12.2. The van der Waals surface area contributed by atoms with Crippen LogP contribution in [0.25, 0.3) is 0 Å². The molecule has 10 heteroatoms. The Morgan fingerprint density at radius 3 is 2.00 bits per heavy atom. The number of carboxylic acid groups (broad SMARTS) is 2. The van der Waals surface area contributed by atoms with Crippen molar-refractivity contribution in [3.05, 3.63) is 0 Å². The summed E-state index contributed by atoms with van der Waals surface area (Å²) in [5.74, 6) is -3.26. The van der Waals surface area contributed by atoms with Crippen LogP contribution in [-0.4, -0.2) is 47.3 Å². The topological polar surface area (TPSA) is 164 Å². The van der Waals surface area contributed by atoms with Crippen LogP contribution >= 0.6 is 0 Å². The molecule has 0 amide bonds. The molecule has 0 saturated carbocycles. The zero-order valence-electron chi connectivity index (χ0n) is 7.23. The van der Waals surface area contributed by atoms with Gasteiger partial charge < -0.3 is 15.9 Å². The van der Waals surface area contributed by atoms with Crippen LogP contribution in [0, 0.1) is 0 Å². The van der Waals surface area contributed by atoms with E-state index in [2.05, 4.69) is 4.18 Å². The Bertz CT molecular complexity index is 348. The van der Waals surface area contributed by atoms with E-state index in [1.165, 1.54) is 0 Å². The van der Waals surface area contributed by atoms with Crippen molar-refractivity contribution in [2.75, 3.05) is 0 Å². The second kappa shape index (κ2) is 5.02. The maximum absolute atomic E-state index is 10.4. The normalized spacial score (nSPS) is 15.6. The van der Waals surface area contributed by atoms with Crippen LogP contribution in [0.15, 0.2) is 0 Å². The molecule has 0 bridgehead atoms. The molecule has 0 spiro atoms. The summed E-state index contributed by atoms with van der Waals surface area (Å²) in [6.07, 6.45) is -2.82. The van der Waals surface area contributed by atoms with Crippen LogP contribution in [0.3, 0.4) is 0 Å². The molecule has 5 N–H and O–H groups in total. The van der Waals surface area contributed by atoms with Crippen molar-refractivity contribution < 1.29 is 37.0 Å². The Morgan fingerprint density at radius 1 is 1.27 bits per heavy atom. The third-order valence-corrected chi connectivity index (χ3v) is 1.77. The number of hydrogen-bond acceptors (Lipinski definition) is 6. The van der Waals surface area contributed by atoms with Crippen molar-refractivity contribution in [2.45, 2.75) is 18.6 Å². The molecular formula is C5H9NO8S. The van der Waals surface area contributed by atoms with E-state index in [1.54, 1.807) is 0 Å².